The van der Waals surface area contributed by atoms with E-state index in [0.717, 1.165) is 16.3 Å². The first-order chi connectivity index (χ1) is 10.1. The second kappa shape index (κ2) is 5.49. The van der Waals surface area contributed by atoms with Gasteiger partial charge < -0.3 is 9.84 Å². The third-order valence-corrected chi connectivity index (χ3v) is 3.69. The van der Waals surface area contributed by atoms with Crippen LogP contribution in [0.1, 0.15) is 21.3 Å². The smallest absolute Gasteiger partial charge is 0.277 e. The Kier molecular flexibility index (Phi) is 3.53. The first kappa shape index (κ1) is 13.5. The number of aryl methyl sites for hydroxylation is 2. The molecule has 2 aromatic heterocycles. The lowest BCUT2D eigenvalue weighted by Crippen LogP contribution is -2.11. The highest BCUT2D eigenvalue weighted by Crippen LogP contribution is 2.23. The predicted molar refractivity (Wildman–Crippen MR) is 81.5 cm³/mol. The van der Waals surface area contributed by atoms with Crippen LogP contribution in [0.3, 0.4) is 0 Å². The van der Waals surface area contributed by atoms with E-state index in [1.165, 1.54) is 0 Å². The summed E-state index contributed by atoms with van der Waals surface area (Å²) < 4.78 is 4.88. The lowest BCUT2D eigenvalue weighted by Gasteiger charge is -2.03. The van der Waals surface area contributed by atoms with Crippen LogP contribution >= 0.6 is 11.3 Å². The summed E-state index contributed by atoms with van der Waals surface area (Å²) in [7, 11) is 0. The van der Waals surface area contributed by atoms with Gasteiger partial charge in [0, 0.05) is 22.7 Å². The van der Waals surface area contributed by atoms with Crippen LogP contribution in [0.4, 0.5) is 5.69 Å². The Hall–Kier alpha value is -2.47. The van der Waals surface area contributed by atoms with Crippen LogP contribution in [0, 0.1) is 13.8 Å². The van der Waals surface area contributed by atoms with Crippen molar-refractivity contribution < 1.29 is 9.32 Å². The third kappa shape index (κ3) is 3.00. The van der Waals surface area contributed by atoms with Crippen molar-refractivity contribution in [3.8, 4) is 11.3 Å². The van der Waals surface area contributed by atoms with Gasteiger partial charge in [0.2, 0.25) is 0 Å². The molecule has 2 heterocycles. The van der Waals surface area contributed by atoms with Crippen molar-refractivity contribution in [1.82, 2.24) is 10.1 Å². The molecule has 21 heavy (non-hydrogen) atoms. The number of thiazole rings is 1. The number of carbonyl (C=O) groups is 1. The highest BCUT2D eigenvalue weighted by molar-refractivity contribution is 7.09. The standard InChI is InChI=1S/C15H13N3O2S/c1-9-7-13(18-20-9)15(19)17-12-5-3-11(4-6-12)14-8-21-10(2)16-14/h3-8H,1-2H3,(H,17,19). The van der Waals surface area contributed by atoms with E-state index in [0.29, 0.717) is 11.4 Å². The molecule has 0 aliphatic rings. The Balaban J connectivity index is 1.74. The number of carbonyl (C=O) groups excluding carboxylic acids is 1. The maximum atomic E-state index is 11.9. The SMILES string of the molecule is Cc1cc(C(=O)Nc2ccc(-c3csc(C)n3)cc2)no1. The van der Waals surface area contributed by atoms with Crippen molar-refractivity contribution in [3.63, 3.8) is 0 Å². The minimum Gasteiger partial charge on any atom is -0.361 e. The molecule has 0 aliphatic heterocycles. The zero-order valence-corrected chi connectivity index (χ0v) is 12.4. The minimum absolute atomic E-state index is 0.270. The normalized spacial score (nSPS) is 10.6. The van der Waals surface area contributed by atoms with Gasteiger partial charge in [-0.2, -0.15) is 0 Å². The van der Waals surface area contributed by atoms with E-state index in [4.69, 9.17) is 4.52 Å². The van der Waals surface area contributed by atoms with Crippen molar-refractivity contribution >= 4 is 22.9 Å². The molecule has 0 bridgehead atoms. The second-order valence-electron chi connectivity index (χ2n) is 4.61. The lowest BCUT2D eigenvalue weighted by atomic mass is 10.1. The average Bonchev–Trinajstić information content (AvgIpc) is 3.08. The molecule has 0 saturated heterocycles. The van der Waals surface area contributed by atoms with Crippen LogP contribution in [-0.4, -0.2) is 16.0 Å². The van der Waals surface area contributed by atoms with Crippen molar-refractivity contribution in [2.24, 2.45) is 0 Å². The Labute approximate surface area is 125 Å². The van der Waals surface area contributed by atoms with Crippen LogP contribution in [-0.2, 0) is 0 Å². The van der Waals surface area contributed by atoms with E-state index in [-0.39, 0.29) is 11.6 Å². The highest BCUT2D eigenvalue weighted by Gasteiger charge is 2.11. The molecule has 3 aromatic rings. The fourth-order valence-corrected chi connectivity index (χ4v) is 2.51. The number of anilines is 1. The molecular weight excluding hydrogens is 286 g/mol. The van der Waals surface area contributed by atoms with Crippen molar-refractivity contribution in [2.75, 3.05) is 5.32 Å². The minimum atomic E-state index is -0.288. The summed E-state index contributed by atoms with van der Waals surface area (Å²) in [4.78, 5) is 16.4. The van der Waals surface area contributed by atoms with Crippen LogP contribution in [0.15, 0.2) is 40.2 Å². The number of benzene rings is 1. The number of hydrogen-bond donors (Lipinski definition) is 1. The average molecular weight is 299 g/mol. The van der Waals surface area contributed by atoms with Gasteiger partial charge >= 0.3 is 0 Å². The number of rotatable bonds is 3. The van der Waals surface area contributed by atoms with Crippen molar-refractivity contribution in [3.05, 3.63) is 52.2 Å². The summed E-state index contributed by atoms with van der Waals surface area (Å²) in [5.41, 5.74) is 2.94. The maximum Gasteiger partial charge on any atom is 0.277 e. The van der Waals surface area contributed by atoms with Gasteiger partial charge in [-0.3, -0.25) is 4.79 Å². The molecule has 106 valence electrons. The third-order valence-electron chi connectivity index (χ3n) is 2.92. The molecule has 0 aliphatic carbocycles. The van der Waals surface area contributed by atoms with E-state index in [9.17, 15) is 4.79 Å². The fourth-order valence-electron chi connectivity index (χ4n) is 1.89. The molecule has 0 spiro atoms. The molecular formula is C15H13N3O2S. The molecule has 0 fully saturated rings. The second-order valence-corrected chi connectivity index (χ2v) is 5.67. The van der Waals surface area contributed by atoms with Crippen molar-refractivity contribution in [1.29, 1.82) is 0 Å². The van der Waals surface area contributed by atoms with Crippen molar-refractivity contribution in [2.45, 2.75) is 13.8 Å². The molecule has 3 rings (SSSR count). The number of nitrogens with zero attached hydrogens (tertiary/aromatic N) is 2. The maximum absolute atomic E-state index is 11.9. The summed E-state index contributed by atoms with van der Waals surface area (Å²) in [6, 6.07) is 9.14. The number of hydrogen-bond acceptors (Lipinski definition) is 5. The Bertz CT molecular complexity index is 774. The summed E-state index contributed by atoms with van der Waals surface area (Å²) in [5, 5.41) is 9.51. The van der Waals surface area contributed by atoms with E-state index in [2.05, 4.69) is 15.5 Å². The highest BCUT2D eigenvalue weighted by atomic mass is 32.1. The van der Waals surface area contributed by atoms with E-state index < -0.39 is 0 Å². The molecule has 0 atom stereocenters. The van der Waals surface area contributed by atoms with Gasteiger partial charge in [0.1, 0.15) is 5.76 Å². The Morgan fingerprint density at radius 1 is 1.24 bits per heavy atom. The fraction of sp³-hybridized carbons (Fsp3) is 0.133. The first-order valence-electron chi connectivity index (χ1n) is 6.39. The zero-order valence-electron chi connectivity index (χ0n) is 11.6. The van der Waals surface area contributed by atoms with Gasteiger partial charge in [-0.05, 0) is 26.0 Å². The number of aromatic nitrogens is 2. The van der Waals surface area contributed by atoms with Crippen LogP contribution < -0.4 is 5.32 Å². The zero-order chi connectivity index (χ0) is 14.8. The largest absolute Gasteiger partial charge is 0.361 e. The van der Waals surface area contributed by atoms with E-state index in [1.807, 2.05) is 36.6 Å². The number of nitrogens with one attached hydrogen (secondary N) is 1. The van der Waals surface area contributed by atoms with Gasteiger partial charge in [-0.25, -0.2) is 4.98 Å². The summed E-state index contributed by atoms with van der Waals surface area (Å²) in [5.74, 6) is 0.318. The molecule has 0 saturated carbocycles. The van der Waals surface area contributed by atoms with Gasteiger partial charge in [0.15, 0.2) is 5.69 Å². The van der Waals surface area contributed by atoms with E-state index >= 15 is 0 Å². The molecule has 5 nitrogen and oxygen atoms in total. The summed E-state index contributed by atoms with van der Waals surface area (Å²) in [6.07, 6.45) is 0. The monoisotopic (exact) mass is 299 g/mol. The van der Waals surface area contributed by atoms with Gasteiger partial charge in [-0.15, -0.1) is 11.3 Å². The molecule has 1 N–H and O–H groups in total. The van der Waals surface area contributed by atoms with Gasteiger partial charge in [-0.1, -0.05) is 17.3 Å². The van der Waals surface area contributed by atoms with Gasteiger partial charge in [0.05, 0.1) is 10.7 Å². The molecule has 0 radical (unpaired) electrons. The Morgan fingerprint density at radius 2 is 2.00 bits per heavy atom. The van der Waals surface area contributed by atoms with Crippen LogP contribution in [0.25, 0.3) is 11.3 Å². The molecule has 6 heteroatoms. The molecule has 0 unspecified atom stereocenters. The Morgan fingerprint density at radius 3 is 2.57 bits per heavy atom. The van der Waals surface area contributed by atoms with Crippen LogP contribution in [0.2, 0.25) is 0 Å². The summed E-state index contributed by atoms with van der Waals surface area (Å²) >= 11 is 1.61. The quantitative estimate of drug-likeness (QED) is 0.801. The predicted octanol–water partition coefficient (Wildman–Crippen LogP) is 3.67. The summed E-state index contributed by atoms with van der Waals surface area (Å²) in [6.45, 7) is 3.72. The first-order valence-corrected chi connectivity index (χ1v) is 7.27. The van der Waals surface area contributed by atoms with Crippen LogP contribution in [0.5, 0.6) is 0 Å². The molecule has 1 aromatic carbocycles. The van der Waals surface area contributed by atoms with Gasteiger partial charge in [0.25, 0.3) is 5.91 Å². The number of amides is 1. The lowest BCUT2D eigenvalue weighted by molar-refractivity contribution is 0.101. The topological polar surface area (TPSA) is 68.0 Å². The molecule has 1 amide bonds. The van der Waals surface area contributed by atoms with E-state index in [1.54, 1.807) is 24.3 Å².